The lowest BCUT2D eigenvalue weighted by Crippen LogP contribution is -2.29. The van der Waals surface area contributed by atoms with Gasteiger partial charge in [-0.15, -0.1) is 0 Å². The van der Waals surface area contributed by atoms with Crippen LogP contribution in [-0.2, 0) is 4.79 Å². The first-order chi connectivity index (χ1) is 16.5. The first-order valence-corrected chi connectivity index (χ1v) is 12.9. The van der Waals surface area contributed by atoms with E-state index in [1.54, 1.807) is 4.90 Å². The van der Waals surface area contributed by atoms with Crippen molar-refractivity contribution in [2.24, 2.45) is 4.99 Å². The Bertz CT molecular complexity index is 1030. The monoisotopic (exact) mass is 481 g/mol. The average Bonchev–Trinajstić information content (AvgIpc) is 3.12. The minimum atomic E-state index is -0.0215. The van der Waals surface area contributed by atoms with Gasteiger partial charge in [0.15, 0.2) is 5.17 Å². The number of thioether (sulfide) groups is 1. The zero-order chi connectivity index (χ0) is 24.5. The van der Waals surface area contributed by atoms with Crippen molar-refractivity contribution in [3.63, 3.8) is 0 Å². The largest absolute Gasteiger partial charge is 0.494 e. The summed E-state index contributed by atoms with van der Waals surface area (Å²) in [7, 11) is 0. The van der Waals surface area contributed by atoms with Crippen LogP contribution in [-0.4, -0.2) is 48.8 Å². The smallest absolute Gasteiger partial charge is 0.266 e. The van der Waals surface area contributed by atoms with E-state index < -0.39 is 0 Å². The summed E-state index contributed by atoms with van der Waals surface area (Å²) in [5, 5.41) is 0.694. The molecule has 0 spiro atoms. The van der Waals surface area contributed by atoms with E-state index in [-0.39, 0.29) is 5.91 Å². The number of amides is 1. The highest BCUT2D eigenvalue weighted by Gasteiger charge is 2.33. The number of anilines is 1. The third-order valence-electron chi connectivity index (χ3n) is 5.42. The number of rotatable bonds is 11. The summed E-state index contributed by atoms with van der Waals surface area (Å²) in [4.78, 5) is 22.7. The first kappa shape index (κ1) is 25.7. The van der Waals surface area contributed by atoms with Gasteiger partial charge in [-0.3, -0.25) is 9.69 Å². The van der Waals surface area contributed by atoms with Gasteiger partial charge in [-0.2, -0.15) is 0 Å². The molecular weight excluding hydrogens is 446 g/mol. The Morgan fingerprint density at radius 3 is 2.29 bits per heavy atom. The fourth-order valence-corrected chi connectivity index (χ4v) is 4.77. The summed E-state index contributed by atoms with van der Waals surface area (Å²) in [5.74, 6) is 1.57. The van der Waals surface area contributed by atoms with Gasteiger partial charge in [0.25, 0.3) is 5.91 Å². The third-order valence-corrected chi connectivity index (χ3v) is 6.43. The molecule has 1 fully saturated rings. The lowest BCUT2D eigenvalue weighted by Gasteiger charge is -2.22. The maximum Gasteiger partial charge on any atom is 0.266 e. The highest BCUT2D eigenvalue weighted by atomic mass is 32.2. The molecule has 6 nitrogen and oxygen atoms in total. The predicted octanol–water partition coefficient (Wildman–Crippen LogP) is 6.34. The summed E-state index contributed by atoms with van der Waals surface area (Å²) >= 11 is 1.41. The molecule has 34 heavy (non-hydrogen) atoms. The molecule has 0 N–H and O–H groups in total. The quantitative estimate of drug-likeness (QED) is 0.350. The molecule has 0 aromatic heterocycles. The fraction of sp³-hybridized carbons (Fsp3) is 0.407. The molecule has 0 atom stereocenters. The molecule has 1 saturated heterocycles. The van der Waals surface area contributed by atoms with Crippen molar-refractivity contribution in [2.45, 2.75) is 41.0 Å². The Labute approximate surface area is 207 Å². The van der Waals surface area contributed by atoms with E-state index in [1.165, 1.54) is 11.8 Å². The standard InChI is InChI=1S/C27H35N3O3S/c1-6-17-30-26(31)25(34-27(30)28-21-12-15-23(16-13-21)32-9-4)18-20-11-14-22(29(7-2)8-3)19-24(20)33-10-5/h11-16,18-19H,6-10,17H2,1-5H3. The molecule has 0 saturated carbocycles. The Morgan fingerprint density at radius 1 is 0.971 bits per heavy atom. The minimum absolute atomic E-state index is 0.0215. The number of hydrogen-bond donors (Lipinski definition) is 0. The van der Waals surface area contributed by atoms with Gasteiger partial charge in [0.1, 0.15) is 11.5 Å². The molecule has 1 aliphatic heterocycles. The van der Waals surface area contributed by atoms with Crippen molar-refractivity contribution in [2.75, 3.05) is 37.7 Å². The van der Waals surface area contributed by atoms with Crippen molar-refractivity contribution in [1.82, 2.24) is 4.90 Å². The number of carbonyl (C=O) groups is 1. The molecule has 0 aliphatic carbocycles. The Morgan fingerprint density at radius 2 is 1.68 bits per heavy atom. The van der Waals surface area contributed by atoms with Gasteiger partial charge in [-0.05, 0) is 88.4 Å². The number of amidine groups is 1. The third kappa shape index (κ3) is 6.14. The van der Waals surface area contributed by atoms with Crippen molar-refractivity contribution in [3.05, 3.63) is 52.9 Å². The normalized spacial score (nSPS) is 15.9. The van der Waals surface area contributed by atoms with Crippen molar-refractivity contribution < 1.29 is 14.3 Å². The number of hydrogen-bond acceptors (Lipinski definition) is 6. The summed E-state index contributed by atoms with van der Waals surface area (Å²) < 4.78 is 11.5. The van der Waals surface area contributed by atoms with E-state index >= 15 is 0 Å². The molecule has 2 aromatic rings. The number of ether oxygens (including phenoxy) is 2. The maximum atomic E-state index is 13.3. The lowest BCUT2D eigenvalue weighted by molar-refractivity contribution is -0.122. The summed E-state index contributed by atoms with van der Waals surface area (Å²) in [5.41, 5.74) is 2.80. The number of nitrogens with zero attached hydrogens (tertiary/aromatic N) is 3. The van der Waals surface area contributed by atoms with Gasteiger partial charge >= 0.3 is 0 Å². The Kier molecular flexibility index (Phi) is 9.45. The summed E-state index contributed by atoms with van der Waals surface area (Å²) in [6.07, 6.45) is 2.78. The van der Waals surface area contributed by atoms with Crippen molar-refractivity contribution in [3.8, 4) is 11.5 Å². The van der Waals surface area contributed by atoms with Crippen LogP contribution >= 0.6 is 11.8 Å². The number of carbonyl (C=O) groups excluding carboxylic acids is 1. The zero-order valence-corrected chi connectivity index (χ0v) is 21.7. The topological polar surface area (TPSA) is 54.4 Å². The average molecular weight is 482 g/mol. The van der Waals surface area contributed by atoms with Crippen LogP contribution in [0.2, 0.25) is 0 Å². The molecule has 0 radical (unpaired) electrons. The second kappa shape index (κ2) is 12.5. The van der Waals surface area contributed by atoms with Gasteiger partial charge in [0, 0.05) is 37.0 Å². The molecule has 2 aromatic carbocycles. The van der Waals surface area contributed by atoms with Gasteiger partial charge in [0.2, 0.25) is 0 Å². The first-order valence-electron chi connectivity index (χ1n) is 12.1. The second-order valence-electron chi connectivity index (χ2n) is 7.72. The highest BCUT2D eigenvalue weighted by molar-refractivity contribution is 8.18. The Balaban J connectivity index is 1.93. The zero-order valence-electron chi connectivity index (χ0n) is 20.8. The molecule has 1 heterocycles. The number of aliphatic imine (C=N–C) groups is 1. The summed E-state index contributed by atoms with van der Waals surface area (Å²) in [6.45, 7) is 13.9. The van der Waals surface area contributed by atoms with Crippen molar-refractivity contribution in [1.29, 1.82) is 0 Å². The van der Waals surface area contributed by atoms with Gasteiger partial charge in [-0.1, -0.05) is 6.92 Å². The van der Waals surface area contributed by atoms with Crippen LogP contribution in [0.4, 0.5) is 11.4 Å². The molecular formula is C27H35N3O3S. The van der Waals surface area contributed by atoms with Crippen LogP contribution < -0.4 is 14.4 Å². The molecule has 0 bridgehead atoms. The van der Waals surface area contributed by atoms with E-state index in [1.807, 2.05) is 50.3 Å². The fourth-order valence-electron chi connectivity index (χ4n) is 3.76. The molecule has 1 aliphatic rings. The lowest BCUT2D eigenvalue weighted by atomic mass is 10.1. The molecule has 182 valence electrons. The maximum absolute atomic E-state index is 13.3. The van der Waals surface area contributed by atoms with Crippen LogP contribution in [0.15, 0.2) is 52.4 Å². The van der Waals surface area contributed by atoms with Crippen LogP contribution in [0.5, 0.6) is 11.5 Å². The van der Waals surface area contributed by atoms with E-state index in [4.69, 9.17) is 14.5 Å². The Hall–Kier alpha value is -2.93. The van der Waals surface area contributed by atoms with E-state index in [0.717, 1.165) is 47.9 Å². The van der Waals surface area contributed by atoms with E-state index in [9.17, 15) is 4.79 Å². The van der Waals surface area contributed by atoms with Crippen LogP contribution in [0, 0.1) is 0 Å². The molecule has 7 heteroatoms. The van der Waals surface area contributed by atoms with Crippen LogP contribution in [0.25, 0.3) is 6.08 Å². The van der Waals surface area contributed by atoms with Crippen LogP contribution in [0.1, 0.15) is 46.6 Å². The molecule has 0 unspecified atom stereocenters. The van der Waals surface area contributed by atoms with Gasteiger partial charge in [-0.25, -0.2) is 4.99 Å². The predicted molar refractivity (Wildman–Crippen MR) is 143 cm³/mol. The molecule has 3 rings (SSSR count). The van der Waals surface area contributed by atoms with Crippen LogP contribution in [0.3, 0.4) is 0 Å². The highest BCUT2D eigenvalue weighted by Crippen LogP contribution is 2.37. The van der Waals surface area contributed by atoms with Crippen molar-refractivity contribution >= 4 is 40.3 Å². The molecule has 1 amide bonds. The summed E-state index contributed by atoms with van der Waals surface area (Å²) in [6, 6.07) is 13.8. The van der Waals surface area contributed by atoms with Gasteiger partial charge < -0.3 is 14.4 Å². The second-order valence-corrected chi connectivity index (χ2v) is 8.73. The number of benzene rings is 2. The minimum Gasteiger partial charge on any atom is -0.494 e. The van der Waals surface area contributed by atoms with E-state index in [0.29, 0.717) is 29.8 Å². The van der Waals surface area contributed by atoms with E-state index in [2.05, 4.69) is 37.8 Å². The van der Waals surface area contributed by atoms with Gasteiger partial charge in [0.05, 0.1) is 23.8 Å². The SMILES string of the molecule is CCCN1C(=O)C(=Cc2ccc(N(CC)CC)cc2OCC)SC1=Nc1ccc(OCC)cc1.